The van der Waals surface area contributed by atoms with E-state index in [9.17, 15) is 0 Å². The van der Waals surface area contributed by atoms with Crippen molar-refractivity contribution in [2.24, 2.45) is 5.73 Å². The fraction of sp³-hybridized carbons (Fsp3) is 0.571. The van der Waals surface area contributed by atoms with Crippen LogP contribution in [0.4, 0.5) is 0 Å². The Bertz CT molecular complexity index is 292. The van der Waals surface area contributed by atoms with Gasteiger partial charge in [-0.2, -0.15) is 0 Å². The smallest absolute Gasteiger partial charge is 0.0624 e. The molecule has 2 nitrogen and oxygen atoms in total. The third kappa shape index (κ3) is 4.77. The Morgan fingerprint density at radius 2 is 1.69 bits per heavy atom. The lowest BCUT2D eigenvalue weighted by atomic mass is 10.0. The maximum atomic E-state index is 6.00. The third-order valence-electron chi connectivity index (χ3n) is 2.57. The largest absolute Gasteiger partial charge is 0.377 e. The van der Waals surface area contributed by atoms with Crippen molar-refractivity contribution in [3.8, 4) is 0 Å². The molecule has 0 radical (unpaired) electrons. The van der Waals surface area contributed by atoms with Crippen LogP contribution >= 0.6 is 0 Å². The summed E-state index contributed by atoms with van der Waals surface area (Å²) in [6.45, 7) is 6.86. The predicted molar refractivity (Wildman–Crippen MR) is 68.6 cm³/mol. The van der Waals surface area contributed by atoms with Gasteiger partial charge in [0.15, 0.2) is 0 Å². The second kappa shape index (κ2) is 6.66. The number of nitrogens with two attached hydrogens (primary N) is 1. The molecule has 0 aliphatic carbocycles. The Kier molecular flexibility index (Phi) is 5.50. The monoisotopic (exact) mass is 221 g/mol. The molecule has 1 rings (SSSR count). The van der Waals surface area contributed by atoms with Crippen LogP contribution in [0, 0.1) is 0 Å². The van der Waals surface area contributed by atoms with E-state index in [0.29, 0.717) is 6.61 Å². The van der Waals surface area contributed by atoms with E-state index in [-0.39, 0.29) is 12.1 Å². The van der Waals surface area contributed by atoms with Gasteiger partial charge in [0.2, 0.25) is 0 Å². The molecule has 0 fully saturated rings. The first kappa shape index (κ1) is 13.2. The van der Waals surface area contributed by atoms with Crippen LogP contribution in [0.25, 0.3) is 0 Å². The number of aryl methyl sites for hydroxylation is 1. The minimum absolute atomic E-state index is 0.0925. The van der Waals surface area contributed by atoms with Crippen LogP contribution in [-0.4, -0.2) is 18.8 Å². The lowest BCUT2D eigenvalue weighted by Gasteiger charge is -2.14. The highest BCUT2D eigenvalue weighted by molar-refractivity contribution is 5.23. The van der Waals surface area contributed by atoms with Gasteiger partial charge in [0.1, 0.15) is 0 Å². The average Bonchev–Trinajstić information content (AvgIpc) is 2.27. The van der Waals surface area contributed by atoms with Crippen molar-refractivity contribution in [2.45, 2.75) is 45.8 Å². The summed E-state index contributed by atoms with van der Waals surface area (Å²) in [6, 6.07) is 8.76. The molecule has 1 aromatic rings. The Morgan fingerprint density at radius 1 is 1.12 bits per heavy atom. The molecular weight excluding hydrogens is 198 g/mol. The van der Waals surface area contributed by atoms with Crippen molar-refractivity contribution in [1.82, 2.24) is 0 Å². The van der Waals surface area contributed by atoms with Gasteiger partial charge in [-0.1, -0.05) is 31.2 Å². The first-order valence-corrected chi connectivity index (χ1v) is 6.06. The summed E-state index contributed by atoms with van der Waals surface area (Å²) >= 11 is 0. The molecule has 0 saturated heterocycles. The number of rotatable bonds is 6. The van der Waals surface area contributed by atoms with Crippen molar-refractivity contribution >= 4 is 0 Å². The van der Waals surface area contributed by atoms with Crippen molar-refractivity contribution in [1.29, 1.82) is 0 Å². The van der Waals surface area contributed by atoms with Gasteiger partial charge in [-0.15, -0.1) is 0 Å². The molecule has 0 heterocycles. The molecular formula is C14H23NO. The van der Waals surface area contributed by atoms with E-state index in [1.54, 1.807) is 0 Å². The Balaban J connectivity index is 2.40. The SMILES string of the molecule is CCc1ccc(CC(N)COC(C)C)cc1. The van der Waals surface area contributed by atoms with Crippen LogP contribution in [0.1, 0.15) is 31.9 Å². The molecule has 0 spiro atoms. The van der Waals surface area contributed by atoms with Crippen LogP contribution in [-0.2, 0) is 17.6 Å². The third-order valence-corrected chi connectivity index (χ3v) is 2.57. The van der Waals surface area contributed by atoms with Gasteiger partial charge < -0.3 is 10.5 Å². The predicted octanol–water partition coefficient (Wildman–Crippen LogP) is 2.54. The minimum atomic E-state index is 0.0925. The maximum Gasteiger partial charge on any atom is 0.0624 e. The topological polar surface area (TPSA) is 35.2 Å². The molecule has 0 aliphatic heterocycles. The molecule has 16 heavy (non-hydrogen) atoms. The van der Waals surface area contributed by atoms with E-state index in [0.717, 1.165) is 12.8 Å². The summed E-state index contributed by atoms with van der Waals surface area (Å²) in [5, 5.41) is 0. The van der Waals surface area contributed by atoms with Gasteiger partial charge in [0, 0.05) is 6.04 Å². The second-order valence-corrected chi connectivity index (χ2v) is 4.52. The standard InChI is InChI=1S/C14H23NO/c1-4-12-5-7-13(8-6-12)9-14(15)10-16-11(2)3/h5-8,11,14H,4,9-10,15H2,1-3H3. The zero-order valence-electron chi connectivity index (χ0n) is 10.6. The average molecular weight is 221 g/mol. The molecule has 0 aromatic heterocycles. The molecule has 1 unspecified atom stereocenters. The molecule has 0 amide bonds. The molecule has 0 bridgehead atoms. The lowest BCUT2D eigenvalue weighted by Crippen LogP contribution is -2.30. The summed E-state index contributed by atoms with van der Waals surface area (Å²) < 4.78 is 5.50. The Morgan fingerprint density at radius 3 is 2.19 bits per heavy atom. The highest BCUT2D eigenvalue weighted by atomic mass is 16.5. The molecule has 2 N–H and O–H groups in total. The van der Waals surface area contributed by atoms with Crippen LogP contribution in [0.3, 0.4) is 0 Å². The lowest BCUT2D eigenvalue weighted by molar-refractivity contribution is 0.0684. The van der Waals surface area contributed by atoms with Crippen molar-refractivity contribution in [2.75, 3.05) is 6.61 Å². The fourth-order valence-electron chi connectivity index (χ4n) is 1.59. The first-order valence-electron chi connectivity index (χ1n) is 6.06. The number of ether oxygens (including phenoxy) is 1. The normalized spacial score (nSPS) is 13.1. The van der Waals surface area contributed by atoms with E-state index < -0.39 is 0 Å². The zero-order valence-corrected chi connectivity index (χ0v) is 10.6. The van der Waals surface area contributed by atoms with Crippen molar-refractivity contribution < 1.29 is 4.74 Å². The van der Waals surface area contributed by atoms with Gasteiger partial charge in [-0.05, 0) is 37.8 Å². The van der Waals surface area contributed by atoms with Gasteiger partial charge in [-0.3, -0.25) is 0 Å². The van der Waals surface area contributed by atoms with Gasteiger partial charge in [-0.25, -0.2) is 0 Å². The van der Waals surface area contributed by atoms with Crippen LogP contribution < -0.4 is 5.73 Å². The molecule has 2 heteroatoms. The summed E-state index contributed by atoms with van der Waals surface area (Å²) in [7, 11) is 0. The Hall–Kier alpha value is -0.860. The Labute approximate surface area is 98.8 Å². The van der Waals surface area contributed by atoms with Gasteiger partial charge >= 0.3 is 0 Å². The first-order chi connectivity index (χ1) is 7.61. The molecule has 90 valence electrons. The van der Waals surface area contributed by atoms with E-state index in [4.69, 9.17) is 10.5 Å². The van der Waals surface area contributed by atoms with E-state index in [1.165, 1.54) is 11.1 Å². The fourth-order valence-corrected chi connectivity index (χ4v) is 1.59. The zero-order chi connectivity index (χ0) is 12.0. The summed E-state index contributed by atoms with van der Waals surface area (Å²) in [5.74, 6) is 0. The molecule has 1 aromatic carbocycles. The molecule has 0 aliphatic rings. The van der Waals surface area contributed by atoms with Crippen LogP contribution in [0.15, 0.2) is 24.3 Å². The van der Waals surface area contributed by atoms with E-state index >= 15 is 0 Å². The van der Waals surface area contributed by atoms with Crippen LogP contribution in [0.2, 0.25) is 0 Å². The molecule has 0 saturated carbocycles. The van der Waals surface area contributed by atoms with Gasteiger partial charge in [0.25, 0.3) is 0 Å². The summed E-state index contributed by atoms with van der Waals surface area (Å²) in [6.07, 6.45) is 2.23. The maximum absolute atomic E-state index is 6.00. The quantitative estimate of drug-likeness (QED) is 0.801. The van der Waals surface area contributed by atoms with E-state index in [2.05, 4.69) is 31.2 Å². The van der Waals surface area contributed by atoms with Crippen LogP contribution in [0.5, 0.6) is 0 Å². The second-order valence-electron chi connectivity index (χ2n) is 4.52. The highest BCUT2D eigenvalue weighted by Crippen LogP contribution is 2.07. The van der Waals surface area contributed by atoms with Crippen molar-refractivity contribution in [3.63, 3.8) is 0 Å². The number of hydrogen-bond donors (Lipinski definition) is 1. The molecule has 1 atom stereocenters. The summed E-state index contributed by atoms with van der Waals surface area (Å²) in [4.78, 5) is 0. The minimum Gasteiger partial charge on any atom is -0.377 e. The summed E-state index contributed by atoms with van der Waals surface area (Å²) in [5.41, 5.74) is 8.66. The van der Waals surface area contributed by atoms with E-state index in [1.807, 2.05) is 13.8 Å². The van der Waals surface area contributed by atoms with Gasteiger partial charge in [0.05, 0.1) is 12.7 Å². The highest BCUT2D eigenvalue weighted by Gasteiger charge is 2.05. The number of hydrogen-bond acceptors (Lipinski definition) is 2. The van der Waals surface area contributed by atoms with Crippen molar-refractivity contribution in [3.05, 3.63) is 35.4 Å². The number of benzene rings is 1.